The molecular weight excluding hydrogens is 334 g/mol. The van der Waals surface area contributed by atoms with E-state index in [9.17, 15) is 14.4 Å². The van der Waals surface area contributed by atoms with Gasteiger partial charge in [0, 0.05) is 12.1 Å². The molecule has 26 heavy (non-hydrogen) atoms. The number of ether oxygens (including phenoxy) is 2. The molecule has 0 fully saturated rings. The highest BCUT2D eigenvalue weighted by molar-refractivity contribution is 5.99. The lowest BCUT2D eigenvalue weighted by Gasteiger charge is -2.13. The van der Waals surface area contributed by atoms with Gasteiger partial charge in [0.1, 0.15) is 0 Å². The molecule has 2 rings (SSSR count). The Morgan fingerprint density at radius 1 is 0.923 bits per heavy atom. The molecule has 136 valence electrons. The molecule has 1 unspecified atom stereocenters. The number of esters is 2. The van der Waals surface area contributed by atoms with Crippen molar-refractivity contribution < 1.29 is 23.9 Å². The third kappa shape index (κ3) is 4.92. The number of carbonyl (C=O) groups excluding carboxylic acids is 3. The summed E-state index contributed by atoms with van der Waals surface area (Å²) in [6.45, 7) is 1.96. The molecule has 0 saturated carbocycles. The summed E-state index contributed by atoms with van der Waals surface area (Å²) in [7, 11) is 2.49. The maximum absolute atomic E-state index is 12.4. The van der Waals surface area contributed by atoms with E-state index < -0.39 is 11.9 Å². The molecule has 2 aromatic rings. The van der Waals surface area contributed by atoms with Crippen LogP contribution >= 0.6 is 0 Å². The smallest absolute Gasteiger partial charge is 0.337 e. The van der Waals surface area contributed by atoms with Gasteiger partial charge in [0.05, 0.1) is 25.3 Å². The van der Waals surface area contributed by atoms with Crippen molar-refractivity contribution in [3.05, 3.63) is 65.2 Å². The Balaban J connectivity index is 2.17. The zero-order valence-electron chi connectivity index (χ0n) is 14.9. The van der Waals surface area contributed by atoms with E-state index in [-0.39, 0.29) is 29.4 Å². The fraction of sp³-hybridized carbons (Fsp3) is 0.250. The molecule has 0 radical (unpaired) electrons. The van der Waals surface area contributed by atoms with Crippen LogP contribution in [-0.4, -0.2) is 32.1 Å². The first-order chi connectivity index (χ1) is 12.4. The molecule has 0 aromatic heterocycles. The van der Waals surface area contributed by atoms with Crippen LogP contribution in [0.4, 0.5) is 5.69 Å². The van der Waals surface area contributed by atoms with Crippen molar-refractivity contribution in [3.8, 4) is 0 Å². The normalized spacial score (nSPS) is 11.3. The summed E-state index contributed by atoms with van der Waals surface area (Å²) < 4.78 is 9.37. The monoisotopic (exact) mass is 355 g/mol. The second-order valence-corrected chi connectivity index (χ2v) is 5.85. The molecule has 0 bridgehead atoms. The van der Waals surface area contributed by atoms with Crippen molar-refractivity contribution in [2.75, 3.05) is 19.5 Å². The highest BCUT2D eigenvalue weighted by atomic mass is 16.5. The van der Waals surface area contributed by atoms with E-state index in [0.29, 0.717) is 5.69 Å². The number of carbonyl (C=O) groups is 3. The quantitative estimate of drug-likeness (QED) is 0.803. The number of methoxy groups -OCH3 is 2. The van der Waals surface area contributed by atoms with Crippen LogP contribution in [0.2, 0.25) is 0 Å². The largest absolute Gasteiger partial charge is 0.465 e. The molecule has 0 aliphatic carbocycles. The molecule has 6 heteroatoms. The topological polar surface area (TPSA) is 81.7 Å². The van der Waals surface area contributed by atoms with Crippen LogP contribution in [0.1, 0.15) is 45.5 Å². The Morgan fingerprint density at radius 3 is 1.96 bits per heavy atom. The number of rotatable bonds is 6. The number of nitrogens with one attached hydrogen (secondary N) is 1. The van der Waals surface area contributed by atoms with E-state index in [1.165, 1.54) is 32.4 Å². The highest BCUT2D eigenvalue weighted by Crippen LogP contribution is 2.21. The first-order valence-electron chi connectivity index (χ1n) is 8.11. The summed E-state index contributed by atoms with van der Waals surface area (Å²) in [5.74, 6) is -1.41. The van der Waals surface area contributed by atoms with Crippen molar-refractivity contribution in [1.29, 1.82) is 0 Å². The van der Waals surface area contributed by atoms with Gasteiger partial charge in [0.15, 0.2) is 0 Å². The Labute approximate surface area is 152 Å². The second kappa shape index (κ2) is 8.80. The molecule has 0 saturated heterocycles. The van der Waals surface area contributed by atoms with E-state index in [1.807, 2.05) is 37.3 Å². The van der Waals surface area contributed by atoms with E-state index in [1.54, 1.807) is 0 Å². The lowest BCUT2D eigenvalue weighted by molar-refractivity contribution is -0.116. The maximum atomic E-state index is 12.4. The number of benzene rings is 2. The van der Waals surface area contributed by atoms with Crippen molar-refractivity contribution in [1.82, 2.24) is 0 Å². The Morgan fingerprint density at radius 2 is 1.46 bits per heavy atom. The Bertz CT molecular complexity index is 767. The maximum Gasteiger partial charge on any atom is 0.337 e. The second-order valence-electron chi connectivity index (χ2n) is 5.85. The van der Waals surface area contributed by atoms with Crippen LogP contribution in [0.3, 0.4) is 0 Å². The molecule has 1 amide bonds. The minimum Gasteiger partial charge on any atom is -0.465 e. The number of anilines is 1. The highest BCUT2D eigenvalue weighted by Gasteiger charge is 2.16. The minimum absolute atomic E-state index is 0.0278. The van der Waals surface area contributed by atoms with Gasteiger partial charge in [0.2, 0.25) is 5.91 Å². The molecule has 6 nitrogen and oxygen atoms in total. The van der Waals surface area contributed by atoms with E-state index in [4.69, 9.17) is 0 Å². The third-order valence-corrected chi connectivity index (χ3v) is 3.92. The standard InChI is InChI=1S/C20H21NO5/c1-13(14-7-5-4-6-8-14)9-18(22)21-17-11-15(19(23)25-2)10-16(12-17)20(24)26-3/h4-8,10-13H,9H2,1-3H3,(H,21,22). The Kier molecular flexibility index (Phi) is 6.49. The van der Waals surface area contributed by atoms with Gasteiger partial charge in [-0.25, -0.2) is 9.59 Å². The summed E-state index contributed by atoms with van der Waals surface area (Å²) in [5, 5.41) is 2.73. The fourth-order valence-corrected chi connectivity index (χ4v) is 2.56. The first kappa shape index (κ1) is 19.2. The van der Waals surface area contributed by atoms with Gasteiger partial charge < -0.3 is 14.8 Å². The van der Waals surface area contributed by atoms with Crippen molar-refractivity contribution >= 4 is 23.5 Å². The average Bonchev–Trinajstić information content (AvgIpc) is 2.66. The van der Waals surface area contributed by atoms with Crippen molar-refractivity contribution in [2.45, 2.75) is 19.3 Å². The van der Waals surface area contributed by atoms with Gasteiger partial charge in [-0.2, -0.15) is 0 Å². The molecule has 1 atom stereocenters. The number of hydrogen-bond acceptors (Lipinski definition) is 5. The van der Waals surface area contributed by atoms with Gasteiger partial charge in [-0.15, -0.1) is 0 Å². The van der Waals surface area contributed by atoms with Crippen LogP contribution in [0, 0.1) is 0 Å². The van der Waals surface area contributed by atoms with Gasteiger partial charge in [0.25, 0.3) is 0 Å². The van der Waals surface area contributed by atoms with E-state index in [0.717, 1.165) is 5.56 Å². The molecule has 2 aromatic carbocycles. The van der Waals surface area contributed by atoms with Gasteiger partial charge in [-0.3, -0.25) is 4.79 Å². The predicted molar refractivity (Wildman–Crippen MR) is 97.2 cm³/mol. The average molecular weight is 355 g/mol. The summed E-state index contributed by atoms with van der Waals surface area (Å²) in [4.78, 5) is 35.9. The van der Waals surface area contributed by atoms with Crippen LogP contribution in [0.25, 0.3) is 0 Å². The number of amides is 1. The third-order valence-electron chi connectivity index (χ3n) is 3.92. The molecule has 0 spiro atoms. The molecule has 0 aliphatic rings. The summed E-state index contributed by atoms with van der Waals surface area (Å²) in [6, 6.07) is 14.0. The SMILES string of the molecule is COC(=O)c1cc(NC(=O)CC(C)c2ccccc2)cc(C(=O)OC)c1. The fourth-order valence-electron chi connectivity index (χ4n) is 2.56. The summed E-state index contributed by atoms with van der Waals surface area (Å²) >= 11 is 0. The van der Waals surface area contributed by atoms with E-state index >= 15 is 0 Å². The summed E-state index contributed by atoms with van der Waals surface area (Å²) in [5.41, 5.74) is 1.70. The van der Waals surface area contributed by atoms with E-state index in [2.05, 4.69) is 14.8 Å². The van der Waals surface area contributed by atoms with Crippen LogP contribution in [0.5, 0.6) is 0 Å². The summed E-state index contributed by atoms with van der Waals surface area (Å²) in [6.07, 6.45) is 0.264. The van der Waals surface area contributed by atoms with Gasteiger partial charge >= 0.3 is 11.9 Å². The zero-order valence-corrected chi connectivity index (χ0v) is 14.9. The zero-order chi connectivity index (χ0) is 19.1. The molecule has 0 aliphatic heterocycles. The minimum atomic E-state index is -0.607. The van der Waals surface area contributed by atoms with Gasteiger partial charge in [-0.1, -0.05) is 37.3 Å². The predicted octanol–water partition coefficient (Wildman–Crippen LogP) is 3.39. The van der Waals surface area contributed by atoms with Gasteiger partial charge in [-0.05, 0) is 29.7 Å². The Hall–Kier alpha value is -3.15. The lowest BCUT2D eigenvalue weighted by atomic mass is 9.97. The first-order valence-corrected chi connectivity index (χ1v) is 8.11. The van der Waals surface area contributed by atoms with Crippen LogP contribution in [0.15, 0.2) is 48.5 Å². The number of hydrogen-bond donors (Lipinski definition) is 1. The van der Waals surface area contributed by atoms with Crippen molar-refractivity contribution in [2.24, 2.45) is 0 Å². The molecule has 1 N–H and O–H groups in total. The van der Waals surface area contributed by atoms with Crippen LogP contribution in [-0.2, 0) is 14.3 Å². The van der Waals surface area contributed by atoms with Crippen molar-refractivity contribution in [3.63, 3.8) is 0 Å². The lowest BCUT2D eigenvalue weighted by Crippen LogP contribution is -2.16. The molecule has 0 heterocycles. The van der Waals surface area contributed by atoms with Crippen LogP contribution < -0.4 is 5.32 Å². The molecular formula is C20H21NO5.